The van der Waals surface area contributed by atoms with Crippen molar-refractivity contribution >= 4 is 51.8 Å². The maximum Gasteiger partial charge on any atom is 0.316 e. The Kier molecular flexibility index (Phi) is 6.63. The average Bonchev–Trinajstić information content (AvgIpc) is 3.48. The van der Waals surface area contributed by atoms with Crippen molar-refractivity contribution in [3.63, 3.8) is 0 Å². The highest BCUT2D eigenvalue weighted by atomic mass is 35.5. The summed E-state index contributed by atoms with van der Waals surface area (Å²) in [5, 5.41) is 2.51. The summed E-state index contributed by atoms with van der Waals surface area (Å²) in [4.78, 5) is 42.4. The highest BCUT2D eigenvalue weighted by molar-refractivity contribution is 8.00. The van der Waals surface area contributed by atoms with Gasteiger partial charge in [0.1, 0.15) is 5.69 Å². The lowest BCUT2D eigenvalue weighted by atomic mass is 10.1. The molecule has 8 heteroatoms. The smallest absolute Gasteiger partial charge is 0.316 e. The molecule has 4 rings (SSSR count). The lowest BCUT2D eigenvalue weighted by molar-refractivity contribution is -0.139. The third-order valence-corrected chi connectivity index (χ3v) is 6.50. The highest BCUT2D eigenvalue weighted by Crippen LogP contribution is 2.33. The molecule has 6 nitrogen and oxygen atoms in total. The average molecular weight is 457 g/mol. The van der Waals surface area contributed by atoms with E-state index in [0.29, 0.717) is 16.3 Å². The molecule has 1 amide bonds. The molecule has 0 radical (unpaired) electrons. The predicted molar refractivity (Wildman–Crippen MR) is 121 cm³/mol. The molecule has 0 spiro atoms. The van der Waals surface area contributed by atoms with Crippen LogP contribution >= 0.6 is 23.4 Å². The van der Waals surface area contributed by atoms with Crippen molar-refractivity contribution in [2.45, 2.75) is 17.7 Å². The number of H-pyrrole nitrogens is 1. The molecule has 160 valence electrons. The van der Waals surface area contributed by atoms with Crippen molar-refractivity contribution in [2.75, 3.05) is 25.4 Å². The zero-order valence-corrected chi connectivity index (χ0v) is 18.3. The Morgan fingerprint density at radius 3 is 2.61 bits per heavy atom. The van der Waals surface area contributed by atoms with Gasteiger partial charge in [0, 0.05) is 40.2 Å². The number of hydrogen-bond donors (Lipinski definition) is 1. The number of esters is 1. The van der Waals surface area contributed by atoms with E-state index in [1.54, 1.807) is 4.90 Å². The van der Waals surface area contributed by atoms with Crippen molar-refractivity contribution in [3.05, 3.63) is 64.9 Å². The third-order valence-electron chi connectivity index (χ3n) is 5.15. The van der Waals surface area contributed by atoms with Gasteiger partial charge in [-0.2, -0.15) is 0 Å². The van der Waals surface area contributed by atoms with Gasteiger partial charge in [0.25, 0.3) is 5.91 Å². The minimum Gasteiger partial charge on any atom is -0.457 e. The molecule has 0 aliphatic carbocycles. The van der Waals surface area contributed by atoms with Crippen LogP contribution in [-0.4, -0.2) is 53.0 Å². The lowest BCUT2D eigenvalue weighted by Gasteiger charge is -2.13. The van der Waals surface area contributed by atoms with E-state index in [4.69, 9.17) is 16.3 Å². The second-order valence-corrected chi connectivity index (χ2v) is 8.69. The fourth-order valence-electron chi connectivity index (χ4n) is 3.56. The number of rotatable bonds is 7. The standard InChI is InChI=1S/C23H21ClN2O4S/c24-17-7-3-5-15-6-4-8-20(22(15)17)31-14-21(28)30-13-19(27)16-11-18(25-12-16)23(29)26-9-1-2-10-26/h3-8,11-12,25H,1-2,9-10,13-14H2. The molecule has 1 fully saturated rings. The van der Waals surface area contributed by atoms with E-state index >= 15 is 0 Å². The number of nitrogens with one attached hydrogen (secondary N) is 1. The van der Waals surface area contributed by atoms with Gasteiger partial charge < -0.3 is 14.6 Å². The van der Waals surface area contributed by atoms with Gasteiger partial charge >= 0.3 is 5.97 Å². The molecule has 0 saturated carbocycles. The number of ketones is 1. The van der Waals surface area contributed by atoms with E-state index in [-0.39, 0.29) is 24.1 Å². The topological polar surface area (TPSA) is 79.5 Å². The number of ether oxygens (including phenoxy) is 1. The van der Waals surface area contributed by atoms with Crippen LogP contribution in [0.15, 0.2) is 53.6 Å². The van der Waals surface area contributed by atoms with Crippen molar-refractivity contribution in [1.29, 1.82) is 0 Å². The number of carbonyl (C=O) groups is 3. The summed E-state index contributed by atoms with van der Waals surface area (Å²) in [6, 6.07) is 12.9. The van der Waals surface area contributed by atoms with E-state index in [1.165, 1.54) is 24.0 Å². The Morgan fingerprint density at radius 2 is 1.84 bits per heavy atom. The molecule has 0 bridgehead atoms. The fraction of sp³-hybridized carbons (Fsp3) is 0.261. The summed E-state index contributed by atoms with van der Waals surface area (Å²) in [6.07, 6.45) is 3.47. The molecule has 2 aromatic carbocycles. The van der Waals surface area contributed by atoms with Crippen LogP contribution in [0.5, 0.6) is 0 Å². The molecule has 1 aliphatic heterocycles. The number of hydrogen-bond acceptors (Lipinski definition) is 5. The zero-order chi connectivity index (χ0) is 21.8. The van der Waals surface area contributed by atoms with Crippen LogP contribution in [0.1, 0.15) is 33.7 Å². The summed E-state index contributed by atoms with van der Waals surface area (Å²) in [6.45, 7) is 1.10. The first-order valence-corrected chi connectivity index (χ1v) is 11.4. The first kappa shape index (κ1) is 21.5. The summed E-state index contributed by atoms with van der Waals surface area (Å²) in [7, 11) is 0. The van der Waals surface area contributed by atoms with Crippen LogP contribution in [0.25, 0.3) is 10.8 Å². The van der Waals surface area contributed by atoms with E-state index in [2.05, 4.69) is 4.98 Å². The second-order valence-electron chi connectivity index (χ2n) is 7.27. The monoisotopic (exact) mass is 456 g/mol. The van der Waals surface area contributed by atoms with E-state index < -0.39 is 5.97 Å². The maximum atomic E-state index is 12.4. The van der Waals surface area contributed by atoms with Crippen LogP contribution in [0, 0.1) is 0 Å². The molecule has 1 aromatic heterocycles. The number of carbonyl (C=O) groups excluding carboxylic acids is 3. The second kappa shape index (κ2) is 9.58. The molecule has 2 heterocycles. The SMILES string of the molecule is O=C(CSc1cccc2cccc(Cl)c12)OCC(=O)c1c[nH]c(C(=O)N2CCCC2)c1. The van der Waals surface area contributed by atoms with Gasteiger partial charge in [0.2, 0.25) is 5.78 Å². The van der Waals surface area contributed by atoms with Crippen molar-refractivity contribution in [2.24, 2.45) is 0 Å². The van der Waals surface area contributed by atoms with Gasteiger partial charge in [-0.05, 0) is 36.4 Å². The van der Waals surface area contributed by atoms with Crippen molar-refractivity contribution in [3.8, 4) is 0 Å². The minimum atomic E-state index is -0.494. The molecular weight excluding hydrogens is 436 g/mol. The first-order valence-electron chi connectivity index (χ1n) is 9.99. The number of thioether (sulfide) groups is 1. The number of likely N-dealkylation sites (tertiary alicyclic amines) is 1. The summed E-state index contributed by atoms with van der Waals surface area (Å²) < 4.78 is 5.14. The van der Waals surface area contributed by atoms with Crippen LogP contribution in [0.2, 0.25) is 5.02 Å². The van der Waals surface area contributed by atoms with Gasteiger partial charge in [-0.3, -0.25) is 14.4 Å². The van der Waals surface area contributed by atoms with Gasteiger partial charge in [-0.15, -0.1) is 11.8 Å². The number of nitrogens with zero attached hydrogens (tertiary/aromatic N) is 1. The molecular formula is C23H21ClN2O4S. The largest absolute Gasteiger partial charge is 0.457 e. The summed E-state index contributed by atoms with van der Waals surface area (Å²) >= 11 is 7.62. The van der Waals surface area contributed by atoms with Crippen LogP contribution in [-0.2, 0) is 9.53 Å². The summed E-state index contributed by atoms with van der Waals surface area (Å²) in [5.74, 6) is -0.906. The Morgan fingerprint density at radius 1 is 1.10 bits per heavy atom. The van der Waals surface area contributed by atoms with Gasteiger partial charge in [0.05, 0.1) is 5.75 Å². The zero-order valence-electron chi connectivity index (χ0n) is 16.7. The van der Waals surface area contributed by atoms with Crippen LogP contribution in [0.4, 0.5) is 0 Å². The normalized spacial score (nSPS) is 13.5. The molecule has 31 heavy (non-hydrogen) atoms. The van der Waals surface area contributed by atoms with Crippen molar-refractivity contribution in [1.82, 2.24) is 9.88 Å². The van der Waals surface area contributed by atoms with Crippen LogP contribution < -0.4 is 0 Å². The quantitative estimate of drug-likeness (QED) is 0.320. The van der Waals surface area contributed by atoms with E-state index in [9.17, 15) is 14.4 Å². The Bertz CT molecular complexity index is 1130. The fourth-order valence-corrected chi connectivity index (χ4v) is 4.80. The molecule has 0 atom stereocenters. The van der Waals surface area contributed by atoms with Gasteiger partial charge in [0.15, 0.2) is 6.61 Å². The minimum absolute atomic E-state index is 0.0590. The molecule has 1 N–H and O–H groups in total. The molecule has 1 aliphatic rings. The number of benzene rings is 2. The van der Waals surface area contributed by atoms with Crippen molar-refractivity contribution < 1.29 is 19.1 Å². The molecule has 1 saturated heterocycles. The van der Waals surface area contributed by atoms with E-state index in [0.717, 1.165) is 41.6 Å². The summed E-state index contributed by atoms with van der Waals surface area (Å²) in [5.41, 5.74) is 0.698. The predicted octanol–water partition coefficient (Wildman–Crippen LogP) is 4.58. The number of amides is 1. The molecule has 0 unspecified atom stereocenters. The van der Waals surface area contributed by atoms with Gasteiger partial charge in [-0.25, -0.2) is 0 Å². The molecule has 3 aromatic rings. The Labute approximate surface area is 188 Å². The van der Waals surface area contributed by atoms with Gasteiger partial charge in [-0.1, -0.05) is 35.9 Å². The number of aromatic nitrogens is 1. The Balaban J connectivity index is 1.30. The highest BCUT2D eigenvalue weighted by Gasteiger charge is 2.22. The first-order chi connectivity index (χ1) is 15.0. The van der Waals surface area contributed by atoms with E-state index in [1.807, 2.05) is 36.4 Å². The number of halogens is 1. The Hall–Kier alpha value is -2.77. The maximum absolute atomic E-state index is 12.4. The lowest BCUT2D eigenvalue weighted by Crippen LogP contribution is -2.27. The number of aromatic amines is 1. The third kappa shape index (κ3) is 4.94. The number of fused-ring (bicyclic) bond motifs is 1. The number of Topliss-reactive ketones (excluding diaryl/α,β-unsaturated/α-hetero) is 1. The van der Waals surface area contributed by atoms with Crippen LogP contribution in [0.3, 0.4) is 0 Å².